The Morgan fingerprint density at radius 1 is 1.27 bits per heavy atom. The average Bonchev–Trinajstić information content (AvgIpc) is 1.97. The summed E-state index contributed by atoms with van der Waals surface area (Å²) in [4.78, 5) is 0. The maximum Gasteiger partial charge on any atom is 0.146 e. The van der Waals surface area contributed by atoms with E-state index in [-0.39, 0.29) is 0 Å². The lowest BCUT2D eigenvalue weighted by Crippen LogP contribution is -2.07. The quantitative estimate of drug-likeness (QED) is 0.408. The van der Waals surface area contributed by atoms with Gasteiger partial charge in [-0.1, -0.05) is 56.3 Å². The third kappa shape index (κ3) is 8.24. The number of rotatable bonds is 6. The molecule has 0 amide bonds. The summed E-state index contributed by atoms with van der Waals surface area (Å²) in [5, 5.41) is 4.24. The van der Waals surface area contributed by atoms with Gasteiger partial charge < -0.3 is 4.62 Å². The molecular weight excluding hydrogens is 249 g/mol. The van der Waals surface area contributed by atoms with Gasteiger partial charge in [0, 0.05) is 12.3 Å². The molecule has 0 aliphatic rings. The van der Waals surface area contributed by atoms with Gasteiger partial charge in [-0.15, -0.1) is 0 Å². The summed E-state index contributed by atoms with van der Waals surface area (Å²) in [6, 6.07) is 0. The topological polar surface area (TPSA) is 21.6 Å². The zero-order chi connectivity index (χ0) is 12.1. The van der Waals surface area contributed by atoms with E-state index in [0.717, 1.165) is 12.3 Å². The van der Waals surface area contributed by atoms with Crippen molar-refractivity contribution in [1.29, 1.82) is 0 Å². The Hall–Kier alpha value is 0.410. The number of nitrogens with zero attached hydrogens (tertiary/aromatic N) is 1. The predicted octanol–water partition coefficient (Wildman–Crippen LogP) is 4.28. The van der Waals surface area contributed by atoms with Gasteiger partial charge in [0.15, 0.2) is 0 Å². The summed E-state index contributed by atoms with van der Waals surface area (Å²) in [5.74, 6) is 1.08. The highest BCUT2D eigenvalue weighted by molar-refractivity contribution is 8.12. The zero-order valence-electron chi connectivity index (χ0n) is 10.2. The highest BCUT2D eigenvalue weighted by atomic mass is 35.5. The second-order valence-corrected chi connectivity index (χ2v) is 9.70. The van der Waals surface area contributed by atoms with Crippen LogP contribution in [0.2, 0.25) is 0 Å². The van der Waals surface area contributed by atoms with Crippen molar-refractivity contribution < 1.29 is 4.62 Å². The smallest absolute Gasteiger partial charge is 0.146 e. The molecule has 0 radical (unpaired) electrons. The molecule has 0 saturated heterocycles. The van der Waals surface area contributed by atoms with Crippen molar-refractivity contribution in [2.75, 3.05) is 12.3 Å². The Balaban J connectivity index is 4.55. The fourth-order valence-corrected chi connectivity index (χ4v) is 6.14. The van der Waals surface area contributed by atoms with Gasteiger partial charge in [-0.3, -0.25) is 0 Å². The van der Waals surface area contributed by atoms with Crippen LogP contribution in [0.1, 0.15) is 34.6 Å². The molecule has 2 nitrogen and oxygen atoms in total. The van der Waals surface area contributed by atoms with Crippen LogP contribution in [0.15, 0.2) is 5.16 Å². The minimum Gasteiger partial charge on any atom is -0.368 e. The van der Waals surface area contributed by atoms with Crippen LogP contribution >= 0.6 is 17.9 Å². The standard InChI is InChI=1S/C10H21ClNOPS/c1-8(2)6-14(15,7-9(3)4)13-12-10(5)11/h8-9H,6-7H2,1-5H3/b12-10-. The molecule has 0 aromatic rings. The van der Waals surface area contributed by atoms with E-state index < -0.39 is 6.26 Å². The van der Waals surface area contributed by atoms with Gasteiger partial charge >= 0.3 is 0 Å². The van der Waals surface area contributed by atoms with Gasteiger partial charge in [0.1, 0.15) is 11.4 Å². The first-order valence-electron chi connectivity index (χ1n) is 5.22. The van der Waals surface area contributed by atoms with E-state index in [2.05, 4.69) is 32.9 Å². The summed E-state index contributed by atoms with van der Waals surface area (Å²) in [5.41, 5.74) is 0. The lowest BCUT2D eigenvalue weighted by Gasteiger charge is -2.23. The van der Waals surface area contributed by atoms with Crippen LogP contribution in [0.3, 0.4) is 0 Å². The Labute approximate surface area is 103 Å². The molecule has 0 atom stereocenters. The molecule has 0 fully saturated rings. The number of halogens is 1. The van der Waals surface area contributed by atoms with E-state index >= 15 is 0 Å². The normalized spacial score (nSPS) is 13.7. The summed E-state index contributed by atoms with van der Waals surface area (Å²) in [7, 11) is 0. The van der Waals surface area contributed by atoms with Crippen LogP contribution in [0.25, 0.3) is 0 Å². The molecule has 90 valence electrons. The molecule has 5 heteroatoms. The summed E-state index contributed by atoms with van der Waals surface area (Å²) in [6.07, 6.45) is 0.0255. The summed E-state index contributed by atoms with van der Waals surface area (Å²) < 4.78 is 5.49. The van der Waals surface area contributed by atoms with Crippen molar-refractivity contribution in [3.8, 4) is 0 Å². The van der Waals surface area contributed by atoms with Crippen LogP contribution in [0, 0.1) is 11.8 Å². The van der Waals surface area contributed by atoms with Crippen molar-refractivity contribution in [3.05, 3.63) is 0 Å². The molecule has 0 aliphatic carbocycles. The first-order chi connectivity index (χ1) is 6.75. The number of hydrogen-bond donors (Lipinski definition) is 0. The van der Waals surface area contributed by atoms with Gasteiger partial charge in [0.25, 0.3) is 0 Å². The molecule has 0 aromatic heterocycles. The second kappa shape index (κ2) is 6.88. The highest BCUT2D eigenvalue weighted by Gasteiger charge is 2.22. The van der Waals surface area contributed by atoms with E-state index in [1.165, 1.54) is 0 Å². The summed E-state index contributed by atoms with van der Waals surface area (Å²) >= 11 is 11.2. The second-order valence-electron chi connectivity index (χ2n) is 4.64. The Kier molecular flexibility index (Phi) is 7.07. The van der Waals surface area contributed by atoms with Crippen LogP contribution in [-0.2, 0) is 16.4 Å². The van der Waals surface area contributed by atoms with Crippen LogP contribution in [-0.4, -0.2) is 17.5 Å². The first kappa shape index (κ1) is 15.4. The third-order valence-corrected chi connectivity index (χ3v) is 5.72. The Bertz CT molecular complexity index is 248. The van der Waals surface area contributed by atoms with Gasteiger partial charge in [0.05, 0.1) is 0 Å². The molecule has 0 bridgehead atoms. The van der Waals surface area contributed by atoms with Crippen molar-refractivity contribution in [1.82, 2.24) is 0 Å². The highest BCUT2D eigenvalue weighted by Crippen LogP contribution is 2.50. The maximum atomic E-state index is 5.65. The fraction of sp³-hybridized carbons (Fsp3) is 0.900. The first-order valence-corrected chi connectivity index (χ1v) is 8.69. The van der Waals surface area contributed by atoms with Crippen molar-refractivity contribution >= 4 is 34.8 Å². The van der Waals surface area contributed by atoms with Crippen molar-refractivity contribution in [3.63, 3.8) is 0 Å². The molecule has 0 aliphatic heterocycles. The van der Waals surface area contributed by atoms with E-state index in [4.69, 9.17) is 28.0 Å². The molecule has 15 heavy (non-hydrogen) atoms. The van der Waals surface area contributed by atoms with Gasteiger partial charge in [-0.05, 0) is 18.8 Å². The number of oxime groups is 1. The zero-order valence-corrected chi connectivity index (χ0v) is 12.6. The lowest BCUT2D eigenvalue weighted by atomic mass is 10.3. The van der Waals surface area contributed by atoms with Gasteiger partial charge in [-0.25, -0.2) is 0 Å². The molecule has 0 heterocycles. The molecule has 0 aromatic carbocycles. The van der Waals surface area contributed by atoms with E-state index in [1.54, 1.807) is 6.92 Å². The van der Waals surface area contributed by atoms with Crippen LogP contribution in [0.4, 0.5) is 0 Å². The third-order valence-electron chi connectivity index (χ3n) is 1.60. The fourth-order valence-electron chi connectivity index (χ4n) is 1.38. The van der Waals surface area contributed by atoms with Gasteiger partial charge in [0.2, 0.25) is 0 Å². The minimum atomic E-state index is -1.82. The average molecular weight is 270 g/mol. The van der Waals surface area contributed by atoms with E-state index in [9.17, 15) is 0 Å². The summed E-state index contributed by atoms with van der Waals surface area (Å²) in [6.45, 7) is 10.3. The molecular formula is C10H21ClNOPS. The Morgan fingerprint density at radius 3 is 1.93 bits per heavy atom. The van der Waals surface area contributed by atoms with E-state index in [0.29, 0.717) is 17.0 Å². The molecule has 0 N–H and O–H groups in total. The predicted molar refractivity (Wildman–Crippen MR) is 73.7 cm³/mol. The van der Waals surface area contributed by atoms with Crippen molar-refractivity contribution in [2.45, 2.75) is 34.6 Å². The van der Waals surface area contributed by atoms with E-state index in [1.807, 2.05) is 0 Å². The van der Waals surface area contributed by atoms with Crippen LogP contribution < -0.4 is 0 Å². The monoisotopic (exact) mass is 269 g/mol. The molecule has 0 rings (SSSR count). The molecule has 0 spiro atoms. The largest absolute Gasteiger partial charge is 0.368 e. The number of hydrogen-bond acceptors (Lipinski definition) is 3. The lowest BCUT2D eigenvalue weighted by molar-refractivity contribution is 0.373. The molecule has 0 saturated carbocycles. The van der Waals surface area contributed by atoms with Crippen LogP contribution in [0.5, 0.6) is 0 Å². The Morgan fingerprint density at radius 2 is 1.67 bits per heavy atom. The minimum absolute atomic E-state index is 0.414. The molecule has 0 unspecified atom stereocenters. The maximum absolute atomic E-state index is 5.65. The van der Waals surface area contributed by atoms with Gasteiger partial charge in [-0.2, -0.15) is 0 Å². The van der Waals surface area contributed by atoms with Crippen molar-refractivity contribution in [2.24, 2.45) is 17.0 Å². The SMILES string of the molecule is C/C(Cl)=N/OP(=S)(CC(C)C)CC(C)C.